The summed E-state index contributed by atoms with van der Waals surface area (Å²) in [5, 5.41) is 5.12. The zero-order chi connectivity index (χ0) is 18.5. The molecule has 7 nitrogen and oxygen atoms in total. The molecule has 7 heteroatoms. The highest BCUT2D eigenvalue weighted by Gasteiger charge is 2.16. The zero-order valence-electron chi connectivity index (χ0n) is 14.8. The molecule has 0 atom stereocenters. The SMILES string of the molecule is CC(C)n1c(=O)oc2cc(-c3noc(-c4cccc5[nH]ccc45)n3)ccc21. The maximum absolute atomic E-state index is 12.1. The van der Waals surface area contributed by atoms with Gasteiger partial charge in [-0.1, -0.05) is 11.2 Å². The first-order chi connectivity index (χ1) is 13.1. The van der Waals surface area contributed by atoms with Gasteiger partial charge in [-0.05, 0) is 50.2 Å². The molecule has 0 amide bonds. The molecule has 0 bridgehead atoms. The Morgan fingerprint density at radius 1 is 1.15 bits per heavy atom. The average Bonchev–Trinajstić information content (AvgIpc) is 3.37. The minimum Gasteiger partial charge on any atom is -0.408 e. The van der Waals surface area contributed by atoms with Gasteiger partial charge in [-0.25, -0.2) is 4.79 Å². The number of nitrogens with one attached hydrogen (secondary N) is 1. The number of fused-ring (bicyclic) bond motifs is 2. The number of rotatable bonds is 3. The first kappa shape index (κ1) is 15.6. The Morgan fingerprint density at radius 2 is 2.04 bits per heavy atom. The van der Waals surface area contributed by atoms with E-state index in [0.29, 0.717) is 17.3 Å². The number of H-pyrrole nitrogens is 1. The second kappa shape index (κ2) is 5.70. The molecule has 1 N–H and O–H groups in total. The van der Waals surface area contributed by atoms with E-state index >= 15 is 0 Å². The first-order valence-corrected chi connectivity index (χ1v) is 8.67. The quantitative estimate of drug-likeness (QED) is 0.516. The summed E-state index contributed by atoms with van der Waals surface area (Å²) in [7, 11) is 0. The lowest BCUT2D eigenvalue weighted by Crippen LogP contribution is -2.15. The summed E-state index contributed by atoms with van der Waals surface area (Å²) in [6.07, 6.45) is 1.88. The van der Waals surface area contributed by atoms with Crippen LogP contribution in [0.3, 0.4) is 0 Å². The van der Waals surface area contributed by atoms with E-state index in [-0.39, 0.29) is 11.8 Å². The van der Waals surface area contributed by atoms with Gasteiger partial charge in [0.25, 0.3) is 5.89 Å². The number of hydrogen-bond donors (Lipinski definition) is 1. The maximum Gasteiger partial charge on any atom is 0.420 e. The molecule has 0 spiro atoms. The van der Waals surface area contributed by atoms with E-state index in [1.807, 2.05) is 56.4 Å². The predicted octanol–water partition coefficient (Wildman–Crippen LogP) is 4.37. The molecule has 0 aliphatic carbocycles. The lowest BCUT2D eigenvalue weighted by atomic mass is 10.1. The van der Waals surface area contributed by atoms with Crippen LogP contribution in [-0.4, -0.2) is 19.7 Å². The largest absolute Gasteiger partial charge is 0.420 e. The second-order valence-electron chi connectivity index (χ2n) is 6.68. The van der Waals surface area contributed by atoms with Crippen LogP contribution < -0.4 is 5.76 Å². The summed E-state index contributed by atoms with van der Waals surface area (Å²) in [6.45, 7) is 3.88. The van der Waals surface area contributed by atoms with Crippen LogP contribution in [0.25, 0.3) is 44.8 Å². The molecule has 0 radical (unpaired) electrons. The third-order valence-electron chi connectivity index (χ3n) is 4.64. The molecule has 0 unspecified atom stereocenters. The van der Waals surface area contributed by atoms with Gasteiger partial charge in [0, 0.05) is 34.3 Å². The van der Waals surface area contributed by atoms with E-state index in [0.717, 1.165) is 27.5 Å². The van der Waals surface area contributed by atoms with Crippen molar-refractivity contribution in [2.45, 2.75) is 19.9 Å². The molecule has 5 aromatic rings. The van der Waals surface area contributed by atoms with Crippen LogP contribution in [0.2, 0.25) is 0 Å². The van der Waals surface area contributed by atoms with E-state index < -0.39 is 0 Å². The third kappa shape index (κ3) is 2.39. The Labute approximate surface area is 153 Å². The fourth-order valence-corrected chi connectivity index (χ4v) is 3.39. The molecule has 2 aromatic carbocycles. The second-order valence-corrected chi connectivity index (χ2v) is 6.68. The molecule has 27 heavy (non-hydrogen) atoms. The summed E-state index contributed by atoms with van der Waals surface area (Å²) in [5.74, 6) is 0.515. The molecular formula is C20H16N4O3. The molecule has 0 saturated heterocycles. The van der Waals surface area contributed by atoms with Gasteiger partial charge in [0.1, 0.15) is 0 Å². The number of benzene rings is 2. The molecule has 0 aliphatic heterocycles. The fourth-order valence-electron chi connectivity index (χ4n) is 3.39. The lowest BCUT2D eigenvalue weighted by molar-refractivity contribution is 0.432. The van der Waals surface area contributed by atoms with Crippen LogP contribution in [0.4, 0.5) is 0 Å². The summed E-state index contributed by atoms with van der Waals surface area (Å²) >= 11 is 0. The first-order valence-electron chi connectivity index (χ1n) is 8.67. The molecule has 0 fully saturated rings. The van der Waals surface area contributed by atoms with Gasteiger partial charge >= 0.3 is 5.76 Å². The van der Waals surface area contributed by atoms with Crippen molar-refractivity contribution in [1.82, 2.24) is 19.7 Å². The minimum atomic E-state index is -0.370. The van der Waals surface area contributed by atoms with Crippen molar-refractivity contribution < 1.29 is 8.94 Å². The van der Waals surface area contributed by atoms with Crippen LogP contribution in [0, 0.1) is 0 Å². The molecule has 0 saturated carbocycles. The molecule has 5 rings (SSSR count). The van der Waals surface area contributed by atoms with E-state index in [1.165, 1.54) is 0 Å². The highest BCUT2D eigenvalue weighted by molar-refractivity contribution is 5.93. The monoisotopic (exact) mass is 360 g/mol. The molecule has 134 valence electrons. The van der Waals surface area contributed by atoms with Crippen molar-refractivity contribution in [2.24, 2.45) is 0 Å². The van der Waals surface area contributed by atoms with Crippen molar-refractivity contribution in [3.63, 3.8) is 0 Å². The Bertz CT molecular complexity index is 1340. The van der Waals surface area contributed by atoms with Crippen molar-refractivity contribution in [3.8, 4) is 22.8 Å². The highest BCUT2D eigenvalue weighted by atomic mass is 16.5. The van der Waals surface area contributed by atoms with Gasteiger partial charge in [-0.3, -0.25) is 4.57 Å². The topological polar surface area (TPSA) is 89.9 Å². The standard InChI is InChI=1S/C20H16N4O3/c1-11(2)24-16-7-6-12(10-17(16)26-20(24)25)18-22-19(27-23-18)14-4-3-5-15-13(14)8-9-21-15/h3-11,21H,1-2H3. The van der Waals surface area contributed by atoms with Crippen LogP contribution in [0.1, 0.15) is 19.9 Å². The van der Waals surface area contributed by atoms with Crippen molar-refractivity contribution in [1.29, 1.82) is 0 Å². The van der Waals surface area contributed by atoms with Gasteiger partial charge in [-0.2, -0.15) is 4.98 Å². The van der Waals surface area contributed by atoms with Crippen LogP contribution in [0.5, 0.6) is 0 Å². The number of aromatic nitrogens is 4. The number of hydrogen-bond acceptors (Lipinski definition) is 5. The maximum atomic E-state index is 12.1. The molecular weight excluding hydrogens is 344 g/mol. The highest BCUT2D eigenvalue weighted by Crippen LogP contribution is 2.29. The molecule has 3 aromatic heterocycles. The summed E-state index contributed by atoms with van der Waals surface area (Å²) in [5.41, 5.74) is 3.85. The number of nitrogens with zero attached hydrogens (tertiary/aromatic N) is 3. The van der Waals surface area contributed by atoms with Crippen molar-refractivity contribution in [3.05, 3.63) is 59.2 Å². The smallest absolute Gasteiger partial charge is 0.408 e. The predicted molar refractivity (Wildman–Crippen MR) is 101 cm³/mol. The summed E-state index contributed by atoms with van der Waals surface area (Å²) in [6, 6.07) is 13.3. The molecule has 0 aliphatic rings. The fraction of sp³-hybridized carbons (Fsp3) is 0.150. The van der Waals surface area contributed by atoms with Crippen LogP contribution >= 0.6 is 0 Å². The Kier molecular flexibility index (Phi) is 3.30. The third-order valence-corrected chi connectivity index (χ3v) is 4.64. The number of aromatic amines is 1. The van der Waals surface area contributed by atoms with Crippen molar-refractivity contribution in [2.75, 3.05) is 0 Å². The normalized spacial score (nSPS) is 11.8. The van der Waals surface area contributed by atoms with Gasteiger partial charge in [0.15, 0.2) is 5.58 Å². The van der Waals surface area contributed by atoms with Gasteiger partial charge in [0.2, 0.25) is 5.82 Å². The van der Waals surface area contributed by atoms with Gasteiger partial charge < -0.3 is 13.9 Å². The van der Waals surface area contributed by atoms with Crippen LogP contribution in [-0.2, 0) is 0 Å². The van der Waals surface area contributed by atoms with Crippen LogP contribution in [0.15, 0.2) is 62.4 Å². The van der Waals surface area contributed by atoms with E-state index in [4.69, 9.17) is 8.94 Å². The Hall–Kier alpha value is -3.61. The minimum absolute atomic E-state index is 0.0169. The zero-order valence-corrected chi connectivity index (χ0v) is 14.8. The molecule has 3 heterocycles. The summed E-state index contributed by atoms with van der Waals surface area (Å²) in [4.78, 5) is 19.8. The van der Waals surface area contributed by atoms with E-state index in [2.05, 4.69) is 15.1 Å². The van der Waals surface area contributed by atoms with Crippen molar-refractivity contribution >= 4 is 22.0 Å². The Balaban J connectivity index is 1.60. The lowest BCUT2D eigenvalue weighted by Gasteiger charge is -2.04. The Morgan fingerprint density at radius 3 is 2.89 bits per heavy atom. The average molecular weight is 360 g/mol. The van der Waals surface area contributed by atoms with E-state index in [1.54, 1.807) is 10.6 Å². The van der Waals surface area contributed by atoms with Gasteiger partial charge in [-0.15, -0.1) is 0 Å². The van der Waals surface area contributed by atoms with Gasteiger partial charge in [0.05, 0.1) is 5.52 Å². The van der Waals surface area contributed by atoms with E-state index in [9.17, 15) is 4.79 Å². The summed E-state index contributed by atoms with van der Waals surface area (Å²) < 4.78 is 12.5. The number of oxazole rings is 1.